The lowest BCUT2D eigenvalue weighted by atomic mass is 10.1. The number of nitriles is 1. The Bertz CT molecular complexity index is 1040. The number of hydrogen-bond donors (Lipinski definition) is 2. The van der Waals surface area contributed by atoms with E-state index in [9.17, 15) is 0 Å². The molecule has 0 aliphatic carbocycles. The first-order chi connectivity index (χ1) is 14.7. The lowest BCUT2D eigenvalue weighted by molar-refractivity contribution is 0.198. The van der Waals surface area contributed by atoms with Gasteiger partial charge >= 0.3 is 0 Å². The molecule has 1 aliphatic rings. The molecule has 0 spiro atoms. The van der Waals surface area contributed by atoms with E-state index in [0.29, 0.717) is 30.0 Å². The molecule has 4 rings (SSSR count). The Balaban J connectivity index is 1.46. The molecule has 30 heavy (non-hydrogen) atoms. The summed E-state index contributed by atoms with van der Waals surface area (Å²) in [5.74, 6) is 2.55. The van der Waals surface area contributed by atoms with Crippen molar-refractivity contribution in [2.45, 2.75) is 18.9 Å². The Labute approximate surface area is 174 Å². The van der Waals surface area contributed by atoms with Crippen LogP contribution in [0.3, 0.4) is 0 Å². The Kier molecular flexibility index (Phi) is 5.77. The summed E-state index contributed by atoms with van der Waals surface area (Å²) in [6, 6.07) is 10.0. The molecule has 2 N–H and O–H groups in total. The summed E-state index contributed by atoms with van der Waals surface area (Å²) in [5, 5.41) is 19.1. The first-order valence-electron chi connectivity index (χ1n) is 9.72. The highest BCUT2D eigenvalue weighted by Crippen LogP contribution is 2.33. The van der Waals surface area contributed by atoms with E-state index in [4.69, 9.17) is 14.7 Å². The topological polar surface area (TPSA) is 112 Å². The Morgan fingerprint density at radius 2 is 2.17 bits per heavy atom. The second kappa shape index (κ2) is 8.80. The summed E-state index contributed by atoms with van der Waals surface area (Å²) in [7, 11) is 3.77. The fourth-order valence-electron chi connectivity index (χ4n) is 3.47. The molecule has 1 aromatic carbocycles. The minimum absolute atomic E-state index is 0.259. The van der Waals surface area contributed by atoms with Crippen LogP contribution in [0.5, 0.6) is 11.5 Å². The monoisotopic (exact) mass is 405 g/mol. The molecule has 0 radical (unpaired) electrons. The zero-order valence-electron chi connectivity index (χ0n) is 16.9. The van der Waals surface area contributed by atoms with Crippen molar-refractivity contribution in [2.24, 2.45) is 0 Å². The second-order valence-corrected chi connectivity index (χ2v) is 7.14. The molecule has 1 saturated heterocycles. The van der Waals surface area contributed by atoms with Crippen molar-refractivity contribution in [3.8, 4) is 28.8 Å². The summed E-state index contributed by atoms with van der Waals surface area (Å²) in [5.41, 5.74) is 1.92. The van der Waals surface area contributed by atoms with E-state index in [0.717, 1.165) is 23.6 Å². The first-order valence-corrected chi connectivity index (χ1v) is 9.72. The summed E-state index contributed by atoms with van der Waals surface area (Å²) >= 11 is 0. The molecular formula is C21H23N7O2. The number of methoxy groups -OCH3 is 1. The SMILES string of the molecule is COc1cc(OC[C@@H]2CCCN2C)ccc1-c1cc(Nc2cnc(C#N)cn2)n[nH]1. The number of H-pyrrole nitrogens is 1. The molecule has 0 bridgehead atoms. The predicted octanol–water partition coefficient (Wildman–Crippen LogP) is 2.96. The van der Waals surface area contributed by atoms with Crippen molar-refractivity contribution in [1.29, 1.82) is 5.26 Å². The Morgan fingerprint density at radius 3 is 2.87 bits per heavy atom. The normalized spacial score (nSPS) is 16.2. The third-order valence-electron chi connectivity index (χ3n) is 5.18. The molecule has 154 valence electrons. The zero-order chi connectivity index (χ0) is 20.9. The van der Waals surface area contributed by atoms with Gasteiger partial charge in [-0.3, -0.25) is 5.10 Å². The van der Waals surface area contributed by atoms with Crippen LogP contribution in [0.2, 0.25) is 0 Å². The molecule has 0 saturated carbocycles. The summed E-state index contributed by atoms with van der Waals surface area (Å²) in [6.45, 7) is 1.79. The van der Waals surface area contributed by atoms with Crippen LogP contribution < -0.4 is 14.8 Å². The molecular weight excluding hydrogens is 382 g/mol. The molecule has 2 aromatic heterocycles. The van der Waals surface area contributed by atoms with Gasteiger partial charge in [0.2, 0.25) is 0 Å². The molecule has 1 atom stereocenters. The fraction of sp³-hybridized carbons (Fsp3) is 0.333. The van der Waals surface area contributed by atoms with E-state index in [-0.39, 0.29) is 5.69 Å². The standard InChI is InChI=1S/C21H23N7O2/c1-28-7-3-4-15(28)13-30-16-5-6-17(19(8-16)29-2)18-9-20(27-26-18)25-21-12-23-14(10-22)11-24-21/h5-6,8-9,11-12,15H,3-4,7,13H2,1-2H3,(H2,24,25,26,27)/t15-/m0/s1. The van der Waals surface area contributed by atoms with Crippen molar-refractivity contribution in [3.05, 3.63) is 42.4 Å². The van der Waals surface area contributed by atoms with Gasteiger partial charge in [-0.05, 0) is 38.6 Å². The van der Waals surface area contributed by atoms with Gasteiger partial charge in [0.1, 0.15) is 30.0 Å². The maximum atomic E-state index is 8.80. The number of likely N-dealkylation sites (N-methyl/N-ethyl adjacent to an activating group) is 1. The van der Waals surface area contributed by atoms with Gasteiger partial charge in [-0.1, -0.05) is 0 Å². The van der Waals surface area contributed by atoms with Crippen molar-refractivity contribution in [1.82, 2.24) is 25.1 Å². The molecule has 0 unspecified atom stereocenters. The number of rotatable bonds is 7. The van der Waals surface area contributed by atoms with E-state index in [2.05, 4.69) is 37.4 Å². The Hall–Kier alpha value is -3.64. The van der Waals surface area contributed by atoms with Gasteiger partial charge in [0, 0.05) is 23.7 Å². The molecule has 3 aromatic rings. The van der Waals surface area contributed by atoms with Gasteiger partial charge in [0.15, 0.2) is 11.5 Å². The van der Waals surface area contributed by atoms with Crippen LogP contribution in [0, 0.1) is 11.3 Å². The van der Waals surface area contributed by atoms with Gasteiger partial charge in [-0.25, -0.2) is 9.97 Å². The van der Waals surface area contributed by atoms with E-state index in [1.54, 1.807) is 7.11 Å². The number of benzene rings is 1. The largest absolute Gasteiger partial charge is 0.496 e. The number of aromatic nitrogens is 4. The maximum Gasteiger partial charge on any atom is 0.158 e. The minimum Gasteiger partial charge on any atom is -0.496 e. The van der Waals surface area contributed by atoms with Crippen molar-refractivity contribution < 1.29 is 9.47 Å². The summed E-state index contributed by atoms with van der Waals surface area (Å²) in [6.07, 6.45) is 5.28. The molecule has 9 nitrogen and oxygen atoms in total. The highest BCUT2D eigenvalue weighted by Gasteiger charge is 2.21. The fourth-order valence-corrected chi connectivity index (χ4v) is 3.47. The van der Waals surface area contributed by atoms with Gasteiger partial charge in [-0.2, -0.15) is 10.4 Å². The van der Waals surface area contributed by atoms with Crippen molar-refractivity contribution in [3.63, 3.8) is 0 Å². The highest BCUT2D eigenvalue weighted by atomic mass is 16.5. The van der Waals surface area contributed by atoms with Gasteiger partial charge in [0.05, 0.1) is 25.2 Å². The average Bonchev–Trinajstić information content (AvgIpc) is 3.41. The lowest BCUT2D eigenvalue weighted by Gasteiger charge is -2.20. The first kappa shape index (κ1) is 19.7. The van der Waals surface area contributed by atoms with Crippen LogP contribution in [-0.4, -0.2) is 58.4 Å². The zero-order valence-corrected chi connectivity index (χ0v) is 16.9. The Morgan fingerprint density at radius 1 is 1.27 bits per heavy atom. The third kappa shape index (κ3) is 4.34. The third-order valence-corrected chi connectivity index (χ3v) is 5.18. The summed E-state index contributed by atoms with van der Waals surface area (Å²) < 4.78 is 11.6. The van der Waals surface area contributed by atoms with E-state index in [1.165, 1.54) is 25.2 Å². The van der Waals surface area contributed by atoms with E-state index >= 15 is 0 Å². The molecule has 3 heterocycles. The van der Waals surface area contributed by atoms with Crippen molar-refractivity contribution >= 4 is 11.6 Å². The number of anilines is 2. The van der Waals surface area contributed by atoms with E-state index < -0.39 is 0 Å². The van der Waals surface area contributed by atoms with Crippen LogP contribution in [0.25, 0.3) is 11.3 Å². The van der Waals surface area contributed by atoms with Crippen LogP contribution >= 0.6 is 0 Å². The van der Waals surface area contributed by atoms with Crippen molar-refractivity contribution in [2.75, 3.05) is 32.6 Å². The smallest absolute Gasteiger partial charge is 0.158 e. The van der Waals surface area contributed by atoms with Gasteiger partial charge in [0.25, 0.3) is 0 Å². The quantitative estimate of drug-likeness (QED) is 0.617. The van der Waals surface area contributed by atoms with Gasteiger partial charge in [-0.15, -0.1) is 0 Å². The van der Waals surface area contributed by atoms with Crippen LogP contribution in [0.4, 0.5) is 11.6 Å². The summed E-state index contributed by atoms with van der Waals surface area (Å²) in [4.78, 5) is 10.5. The van der Waals surface area contributed by atoms with Crippen LogP contribution in [0.15, 0.2) is 36.7 Å². The maximum absolute atomic E-state index is 8.80. The number of ether oxygens (including phenoxy) is 2. The highest BCUT2D eigenvalue weighted by molar-refractivity contribution is 5.71. The lowest BCUT2D eigenvalue weighted by Crippen LogP contribution is -2.30. The van der Waals surface area contributed by atoms with E-state index in [1.807, 2.05) is 30.3 Å². The van der Waals surface area contributed by atoms with Crippen LogP contribution in [0.1, 0.15) is 18.5 Å². The van der Waals surface area contributed by atoms with Gasteiger partial charge < -0.3 is 19.7 Å². The average molecular weight is 405 g/mol. The molecule has 9 heteroatoms. The number of hydrogen-bond acceptors (Lipinski definition) is 8. The number of nitrogens with zero attached hydrogens (tertiary/aromatic N) is 5. The predicted molar refractivity (Wildman–Crippen MR) is 112 cm³/mol. The van der Waals surface area contributed by atoms with Crippen LogP contribution in [-0.2, 0) is 0 Å². The molecule has 1 fully saturated rings. The second-order valence-electron chi connectivity index (χ2n) is 7.14. The number of nitrogens with one attached hydrogen (secondary N) is 2. The molecule has 1 aliphatic heterocycles. The number of likely N-dealkylation sites (tertiary alicyclic amines) is 1. The number of aromatic amines is 1. The minimum atomic E-state index is 0.259. The molecule has 0 amide bonds.